The van der Waals surface area contributed by atoms with Crippen LogP contribution in [0.2, 0.25) is 0 Å². The zero-order chi connectivity index (χ0) is 17.7. The molecule has 0 atom stereocenters. The number of carbonyl (C=O) groups is 2. The summed E-state index contributed by atoms with van der Waals surface area (Å²) < 4.78 is 43.8. The number of benzene rings is 1. The predicted molar refractivity (Wildman–Crippen MR) is 80.4 cm³/mol. The Balaban J connectivity index is 2.00. The minimum Gasteiger partial charge on any atom is -0.375 e. The van der Waals surface area contributed by atoms with Gasteiger partial charge < -0.3 is 15.0 Å². The summed E-state index contributed by atoms with van der Waals surface area (Å²) in [6, 6.07) is 4.68. The van der Waals surface area contributed by atoms with Crippen molar-refractivity contribution < 1.29 is 27.5 Å². The summed E-state index contributed by atoms with van der Waals surface area (Å²) in [6.45, 7) is 0.546. The average Bonchev–Trinajstić information content (AvgIpc) is 2.54. The Morgan fingerprint density at radius 1 is 1.25 bits per heavy atom. The van der Waals surface area contributed by atoms with E-state index in [4.69, 9.17) is 4.74 Å². The van der Waals surface area contributed by atoms with E-state index in [1.54, 1.807) is 0 Å². The van der Waals surface area contributed by atoms with Crippen molar-refractivity contribution in [3.8, 4) is 0 Å². The second-order valence-electron chi connectivity index (χ2n) is 5.61. The molecule has 0 unspecified atom stereocenters. The van der Waals surface area contributed by atoms with Gasteiger partial charge in [-0.3, -0.25) is 9.59 Å². The van der Waals surface area contributed by atoms with Crippen molar-refractivity contribution in [2.45, 2.75) is 25.1 Å². The Morgan fingerprint density at radius 2 is 1.88 bits per heavy atom. The molecule has 1 fully saturated rings. The van der Waals surface area contributed by atoms with Gasteiger partial charge in [0, 0.05) is 26.2 Å². The fourth-order valence-electron chi connectivity index (χ4n) is 2.71. The summed E-state index contributed by atoms with van der Waals surface area (Å²) in [5, 5.41) is 2.77. The average molecular weight is 344 g/mol. The number of ether oxygens (including phenoxy) is 1. The molecule has 24 heavy (non-hydrogen) atoms. The normalized spacial score (nSPS) is 16.1. The molecule has 132 valence electrons. The fraction of sp³-hybridized carbons (Fsp3) is 0.500. The smallest absolute Gasteiger partial charge is 0.375 e. The first-order valence-corrected chi connectivity index (χ1v) is 7.56. The molecule has 1 aliphatic rings. The van der Waals surface area contributed by atoms with E-state index in [0.29, 0.717) is 25.9 Å². The zero-order valence-corrected chi connectivity index (χ0v) is 13.2. The van der Waals surface area contributed by atoms with Gasteiger partial charge >= 0.3 is 6.18 Å². The van der Waals surface area contributed by atoms with Crippen molar-refractivity contribution in [3.05, 3.63) is 35.4 Å². The van der Waals surface area contributed by atoms with Crippen LogP contribution >= 0.6 is 0 Å². The van der Waals surface area contributed by atoms with Crippen LogP contribution in [0.25, 0.3) is 0 Å². The third-order valence-corrected chi connectivity index (χ3v) is 3.89. The number of hydrogen-bond donors (Lipinski definition) is 1. The first-order valence-electron chi connectivity index (χ1n) is 7.56. The van der Waals surface area contributed by atoms with Crippen molar-refractivity contribution in [1.29, 1.82) is 0 Å². The summed E-state index contributed by atoms with van der Waals surface area (Å²) in [7, 11) is 1.42. The molecule has 2 rings (SSSR count). The Hall–Kier alpha value is -2.09. The lowest BCUT2D eigenvalue weighted by atomic mass is 10.0. The molecular formula is C16H19F3N2O3. The molecule has 2 amide bonds. The monoisotopic (exact) mass is 344 g/mol. The van der Waals surface area contributed by atoms with Crippen LogP contribution in [0.15, 0.2) is 24.3 Å². The molecule has 0 radical (unpaired) electrons. The van der Waals surface area contributed by atoms with E-state index in [2.05, 4.69) is 5.32 Å². The highest BCUT2D eigenvalue weighted by atomic mass is 19.4. The van der Waals surface area contributed by atoms with Crippen LogP contribution in [-0.4, -0.2) is 49.6 Å². The van der Waals surface area contributed by atoms with Gasteiger partial charge in [0.15, 0.2) is 0 Å². The highest BCUT2D eigenvalue weighted by Gasteiger charge is 2.36. The minimum absolute atomic E-state index is 0.0435. The molecule has 1 aromatic rings. The molecule has 8 heteroatoms. The van der Waals surface area contributed by atoms with E-state index in [9.17, 15) is 22.8 Å². The number of rotatable bonds is 4. The molecular weight excluding hydrogens is 325 g/mol. The lowest BCUT2D eigenvalue weighted by Crippen LogP contribution is -2.47. The number of alkyl halides is 3. The molecule has 1 heterocycles. The molecule has 1 aliphatic heterocycles. The molecule has 0 aliphatic carbocycles. The van der Waals surface area contributed by atoms with Gasteiger partial charge in [0.1, 0.15) is 6.61 Å². The van der Waals surface area contributed by atoms with Gasteiger partial charge in [-0.1, -0.05) is 12.1 Å². The van der Waals surface area contributed by atoms with E-state index < -0.39 is 17.6 Å². The molecule has 5 nitrogen and oxygen atoms in total. The second-order valence-corrected chi connectivity index (χ2v) is 5.61. The van der Waals surface area contributed by atoms with E-state index in [1.165, 1.54) is 30.2 Å². The van der Waals surface area contributed by atoms with E-state index in [-0.39, 0.29) is 24.1 Å². The topological polar surface area (TPSA) is 58.6 Å². The first kappa shape index (κ1) is 18.3. The summed E-state index contributed by atoms with van der Waals surface area (Å²) in [5.41, 5.74) is -1.27. The summed E-state index contributed by atoms with van der Waals surface area (Å²) in [4.78, 5) is 25.3. The molecule has 1 saturated heterocycles. The minimum atomic E-state index is -4.57. The van der Waals surface area contributed by atoms with Gasteiger partial charge in [0.25, 0.3) is 5.91 Å². The number of amides is 2. The highest BCUT2D eigenvalue weighted by Crippen LogP contribution is 2.32. The number of carbonyl (C=O) groups excluding carboxylic acids is 2. The van der Waals surface area contributed by atoms with Crippen molar-refractivity contribution in [1.82, 2.24) is 10.2 Å². The molecule has 1 N–H and O–H groups in total. The van der Waals surface area contributed by atoms with Gasteiger partial charge in [-0.15, -0.1) is 0 Å². The van der Waals surface area contributed by atoms with Crippen molar-refractivity contribution >= 4 is 11.8 Å². The lowest BCUT2D eigenvalue weighted by molar-refractivity contribution is -0.138. The molecule has 0 aromatic heterocycles. The maximum absolute atomic E-state index is 13.0. The number of nitrogens with one attached hydrogen (secondary N) is 1. The number of piperidine rings is 1. The largest absolute Gasteiger partial charge is 0.417 e. The van der Waals surface area contributed by atoms with Crippen LogP contribution in [0.3, 0.4) is 0 Å². The van der Waals surface area contributed by atoms with Crippen LogP contribution in [0, 0.1) is 0 Å². The van der Waals surface area contributed by atoms with Gasteiger partial charge in [-0.25, -0.2) is 0 Å². The van der Waals surface area contributed by atoms with Crippen LogP contribution in [-0.2, 0) is 15.7 Å². The first-order chi connectivity index (χ1) is 11.3. The van der Waals surface area contributed by atoms with Crippen LogP contribution in [0.4, 0.5) is 13.2 Å². The van der Waals surface area contributed by atoms with Gasteiger partial charge in [0.2, 0.25) is 5.91 Å². The van der Waals surface area contributed by atoms with Crippen molar-refractivity contribution in [2.75, 3.05) is 26.8 Å². The predicted octanol–water partition coefficient (Wildman–Crippen LogP) is 2.07. The molecule has 0 bridgehead atoms. The fourth-order valence-corrected chi connectivity index (χ4v) is 2.71. The standard InChI is InChI=1S/C16H19F3N2O3/c1-24-10-14(22)20-11-6-8-21(9-7-11)15(23)12-4-2-3-5-13(12)16(17,18)19/h2-5,11H,6-10H2,1H3,(H,20,22). The quantitative estimate of drug-likeness (QED) is 0.910. The SMILES string of the molecule is COCC(=O)NC1CCN(C(=O)c2ccccc2C(F)(F)F)CC1. The Morgan fingerprint density at radius 3 is 2.46 bits per heavy atom. The second kappa shape index (κ2) is 7.65. The van der Waals surface area contributed by atoms with Crippen LogP contribution < -0.4 is 5.32 Å². The third-order valence-electron chi connectivity index (χ3n) is 3.89. The Kier molecular flexibility index (Phi) is 5.82. The maximum atomic E-state index is 13.0. The lowest BCUT2D eigenvalue weighted by Gasteiger charge is -2.33. The summed E-state index contributed by atoms with van der Waals surface area (Å²) >= 11 is 0. The third kappa shape index (κ3) is 4.47. The zero-order valence-electron chi connectivity index (χ0n) is 13.2. The van der Waals surface area contributed by atoms with Crippen molar-refractivity contribution in [2.24, 2.45) is 0 Å². The van der Waals surface area contributed by atoms with Gasteiger partial charge in [-0.05, 0) is 25.0 Å². The number of methoxy groups -OCH3 is 1. The summed E-state index contributed by atoms with van der Waals surface area (Å²) in [6.07, 6.45) is -3.58. The van der Waals surface area contributed by atoms with E-state index >= 15 is 0 Å². The highest BCUT2D eigenvalue weighted by molar-refractivity contribution is 5.96. The maximum Gasteiger partial charge on any atom is 0.417 e. The molecule has 0 spiro atoms. The number of likely N-dealkylation sites (tertiary alicyclic amines) is 1. The number of hydrogen-bond acceptors (Lipinski definition) is 3. The van der Waals surface area contributed by atoms with E-state index in [0.717, 1.165) is 6.07 Å². The van der Waals surface area contributed by atoms with Crippen LogP contribution in [0.1, 0.15) is 28.8 Å². The number of nitrogens with zero attached hydrogens (tertiary/aromatic N) is 1. The van der Waals surface area contributed by atoms with Gasteiger partial charge in [-0.2, -0.15) is 13.2 Å². The molecule has 0 saturated carbocycles. The summed E-state index contributed by atoms with van der Waals surface area (Å²) in [5.74, 6) is -0.880. The Bertz CT molecular complexity index is 596. The van der Waals surface area contributed by atoms with Gasteiger partial charge in [0.05, 0.1) is 11.1 Å². The number of halogens is 3. The Labute approximate surface area is 137 Å². The molecule has 1 aromatic carbocycles. The van der Waals surface area contributed by atoms with E-state index in [1.807, 2.05) is 0 Å². The van der Waals surface area contributed by atoms with Crippen molar-refractivity contribution in [3.63, 3.8) is 0 Å². The van der Waals surface area contributed by atoms with Crippen LogP contribution in [0.5, 0.6) is 0 Å².